The summed E-state index contributed by atoms with van der Waals surface area (Å²) in [6, 6.07) is 21.5. The maximum absolute atomic E-state index is 13.4. The van der Waals surface area contributed by atoms with Gasteiger partial charge in [-0.05, 0) is 65.5 Å². The number of para-hydroxylation sites is 1. The Morgan fingerprint density at radius 2 is 1.54 bits per heavy atom. The van der Waals surface area contributed by atoms with Crippen LogP contribution in [0.25, 0.3) is 21.7 Å². The number of ketones is 1. The molecule has 0 unspecified atom stereocenters. The van der Waals surface area contributed by atoms with Crippen LogP contribution in [0.1, 0.15) is 31.8 Å². The number of ether oxygens (including phenoxy) is 1. The van der Waals surface area contributed by atoms with Crippen molar-refractivity contribution in [2.45, 2.75) is 12.6 Å². The topological polar surface area (TPSA) is 82.3 Å². The van der Waals surface area contributed by atoms with Crippen molar-refractivity contribution in [3.8, 4) is 11.5 Å². The third kappa shape index (κ3) is 4.73. The van der Waals surface area contributed by atoms with Crippen LogP contribution in [0, 0.1) is 0 Å². The van der Waals surface area contributed by atoms with E-state index in [0.29, 0.717) is 33.2 Å². The first-order valence-electron chi connectivity index (χ1n) is 11.3. The molecule has 0 saturated carbocycles. The average molecular weight is 500 g/mol. The highest BCUT2D eigenvalue weighted by molar-refractivity contribution is 6.11. The standard InChI is InChI=1S/C29H19F3N2O3/c30-29(31,32)18-9-11-19(12-10-18)37-26-8-2-6-20-21(26)13-14-22(28(33)36)24(20)16-25(35)23-7-1-4-17-5-3-15-34-27(17)23/h1-15H,16H2,(H2,33,36). The van der Waals surface area contributed by atoms with Crippen LogP contribution in [0.3, 0.4) is 0 Å². The second kappa shape index (κ2) is 9.39. The van der Waals surface area contributed by atoms with E-state index in [9.17, 15) is 22.8 Å². The molecular formula is C29H19F3N2O3. The molecule has 5 nitrogen and oxygen atoms in total. The summed E-state index contributed by atoms with van der Waals surface area (Å²) in [6.07, 6.45) is -2.96. The lowest BCUT2D eigenvalue weighted by molar-refractivity contribution is -0.137. The van der Waals surface area contributed by atoms with Crippen LogP contribution in [-0.4, -0.2) is 16.7 Å². The fourth-order valence-corrected chi connectivity index (χ4v) is 4.33. The normalized spacial score (nSPS) is 11.5. The highest BCUT2D eigenvalue weighted by Crippen LogP contribution is 2.35. The van der Waals surface area contributed by atoms with Crippen LogP contribution >= 0.6 is 0 Å². The van der Waals surface area contributed by atoms with Gasteiger partial charge < -0.3 is 10.5 Å². The van der Waals surface area contributed by atoms with Crippen LogP contribution in [0.2, 0.25) is 0 Å². The van der Waals surface area contributed by atoms with Crippen molar-refractivity contribution < 1.29 is 27.5 Å². The van der Waals surface area contributed by atoms with Gasteiger partial charge in [0.2, 0.25) is 5.91 Å². The number of aromatic nitrogens is 1. The predicted octanol–water partition coefficient (Wildman–Crippen LogP) is 6.72. The molecular weight excluding hydrogens is 481 g/mol. The van der Waals surface area contributed by atoms with Crippen molar-refractivity contribution in [3.63, 3.8) is 0 Å². The number of amides is 1. The number of hydrogen-bond donors (Lipinski definition) is 1. The number of Topliss-reactive ketones (excluding diaryl/α,β-unsaturated/α-hetero) is 1. The van der Waals surface area contributed by atoms with Gasteiger partial charge in [-0.3, -0.25) is 14.6 Å². The van der Waals surface area contributed by atoms with Gasteiger partial charge in [0.15, 0.2) is 5.78 Å². The molecule has 0 radical (unpaired) electrons. The quantitative estimate of drug-likeness (QED) is 0.262. The van der Waals surface area contributed by atoms with E-state index in [2.05, 4.69) is 4.98 Å². The molecule has 0 fully saturated rings. The van der Waals surface area contributed by atoms with Gasteiger partial charge >= 0.3 is 6.18 Å². The van der Waals surface area contributed by atoms with Gasteiger partial charge in [-0.1, -0.05) is 30.3 Å². The zero-order chi connectivity index (χ0) is 26.2. The summed E-state index contributed by atoms with van der Waals surface area (Å²) in [4.78, 5) is 30.0. The summed E-state index contributed by atoms with van der Waals surface area (Å²) in [6.45, 7) is 0. The fourth-order valence-electron chi connectivity index (χ4n) is 4.33. The number of pyridine rings is 1. The number of carbonyl (C=O) groups is 2. The number of rotatable bonds is 6. The monoisotopic (exact) mass is 500 g/mol. The Labute approximate surface area is 209 Å². The lowest BCUT2D eigenvalue weighted by atomic mass is 9.92. The van der Waals surface area contributed by atoms with Gasteiger partial charge in [0.05, 0.1) is 11.1 Å². The predicted molar refractivity (Wildman–Crippen MR) is 134 cm³/mol. The van der Waals surface area contributed by atoms with E-state index in [-0.39, 0.29) is 23.5 Å². The van der Waals surface area contributed by atoms with E-state index in [1.807, 2.05) is 12.1 Å². The second-order valence-corrected chi connectivity index (χ2v) is 8.41. The van der Waals surface area contributed by atoms with Gasteiger partial charge in [0.1, 0.15) is 11.5 Å². The Morgan fingerprint density at radius 3 is 2.27 bits per heavy atom. The summed E-state index contributed by atoms with van der Waals surface area (Å²) in [5.41, 5.74) is 6.45. The lowest BCUT2D eigenvalue weighted by Crippen LogP contribution is -2.16. The third-order valence-electron chi connectivity index (χ3n) is 6.08. The average Bonchev–Trinajstić information content (AvgIpc) is 2.88. The van der Waals surface area contributed by atoms with Crippen LogP contribution in [-0.2, 0) is 12.6 Å². The maximum Gasteiger partial charge on any atom is 0.416 e. The highest BCUT2D eigenvalue weighted by atomic mass is 19.4. The summed E-state index contributed by atoms with van der Waals surface area (Å²) < 4.78 is 44.6. The summed E-state index contributed by atoms with van der Waals surface area (Å²) in [5, 5.41) is 1.96. The molecule has 0 aliphatic heterocycles. The molecule has 1 heterocycles. The van der Waals surface area contributed by atoms with E-state index in [4.69, 9.17) is 10.5 Å². The van der Waals surface area contributed by atoms with Gasteiger partial charge in [-0.25, -0.2) is 0 Å². The van der Waals surface area contributed by atoms with Crippen LogP contribution in [0.15, 0.2) is 91.1 Å². The molecule has 0 aliphatic rings. The summed E-state index contributed by atoms with van der Waals surface area (Å²) in [5.74, 6) is -0.365. The van der Waals surface area contributed by atoms with Gasteiger partial charge in [0, 0.05) is 34.5 Å². The number of nitrogens with two attached hydrogens (primary N) is 1. The van der Waals surface area contributed by atoms with E-state index in [0.717, 1.165) is 17.5 Å². The third-order valence-corrected chi connectivity index (χ3v) is 6.08. The highest BCUT2D eigenvalue weighted by Gasteiger charge is 2.30. The Balaban J connectivity index is 1.55. The first-order chi connectivity index (χ1) is 17.7. The van der Waals surface area contributed by atoms with Crippen molar-refractivity contribution >= 4 is 33.4 Å². The number of primary amides is 1. The minimum Gasteiger partial charge on any atom is -0.457 e. The van der Waals surface area contributed by atoms with Crippen molar-refractivity contribution in [3.05, 3.63) is 113 Å². The van der Waals surface area contributed by atoms with Crippen LogP contribution in [0.5, 0.6) is 11.5 Å². The van der Waals surface area contributed by atoms with Crippen LogP contribution < -0.4 is 10.5 Å². The van der Waals surface area contributed by atoms with Crippen molar-refractivity contribution in [2.75, 3.05) is 0 Å². The molecule has 184 valence electrons. The first kappa shape index (κ1) is 24.0. The molecule has 37 heavy (non-hydrogen) atoms. The molecule has 0 saturated heterocycles. The zero-order valence-electron chi connectivity index (χ0n) is 19.3. The minimum atomic E-state index is -4.45. The number of hydrogen-bond acceptors (Lipinski definition) is 4. The van der Waals surface area contributed by atoms with E-state index < -0.39 is 17.6 Å². The summed E-state index contributed by atoms with van der Waals surface area (Å²) >= 11 is 0. The maximum atomic E-state index is 13.4. The van der Waals surface area contributed by atoms with E-state index in [1.165, 1.54) is 18.2 Å². The van der Waals surface area contributed by atoms with Gasteiger partial charge in [-0.2, -0.15) is 13.2 Å². The molecule has 1 aromatic heterocycles. The van der Waals surface area contributed by atoms with Crippen LogP contribution in [0.4, 0.5) is 13.2 Å². The molecule has 0 bridgehead atoms. The SMILES string of the molecule is NC(=O)c1ccc2c(Oc3ccc(C(F)(F)F)cc3)cccc2c1CC(=O)c1cccc2cccnc12. The Kier molecular flexibility index (Phi) is 6.09. The van der Waals surface area contributed by atoms with E-state index >= 15 is 0 Å². The van der Waals surface area contributed by atoms with E-state index in [1.54, 1.807) is 48.7 Å². The number of benzene rings is 4. The molecule has 0 atom stereocenters. The lowest BCUT2D eigenvalue weighted by Gasteiger charge is -2.15. The molecule has 5 aromatic rings. The zero-order valence-corrected chi connectivity index (χ0v) is 19.3. The number of carbonyl (C=O) groups excluding carboxylic acids is 2. The van der Waals surface area contributed by atoms with Gasteiger partial charge in [0.25, 0.3) is 0 Å². The molecule has 0 spiro atoms. The minimum absolute atomic E-state index is 0.116. The smallest absolute Gasteiger partial charge is 0.416 e. The number of fused-ring (bicyclic) bond motifs is 2. The molecule has 0 aliphatic carbocycles. The number of halogens is 3. The largest absolute Gasteiger partial charge is 0.457 e. The Hall–Kier alpha value is -4.72. The second-order valence-electron chi connectivity index (χ2n) is 8.41. The molecule has 4 aromatic carbocycles. The van der Waals surface area contributed by atoms with Gasteiger partial charge in [-0.15, -0.1) is 0 Å². The first-order valence-corrected chi connectivity index (χ1v) is 11.3. The molecule has 1 amide bonds. The fraction of sp³-hybridized carbons (Fsp3) is 0.0690. The molecule has 2 N–H and O–H groups in total. The Morgan fingerprint density at radius 1 is 0.811 bits per heavy atom. The van der Waals surface area contributed by atoms with Crippen molar-refractivity contribution in [1.29, 1.82) is 0 Å². The van der Waals surface area contributed by atoms with Crippen molar-refractivity contribution in [2.24, 2.45) is 5.73 Å². The number of alkyl halides is 3. The molecule has 5 rings (SSSR count). The molecule has 8 heteroatoms. The summed E-state index contributed by atoms with van der Waals surface area (Å²) in [7, 11) is 0. The number of nitrogens with zero attached hydrogens (tertiary/aromatic N) is 1. The van der Waals surface area contributed by atoms with Crippen molar-refractivity contribution in [1.82, 2.24) is 4.98 Å². The Bertz CT molecular complexity index is 1660.